The molecule has 3 heteroatoms. The quantitative estimate of drug-likeness (QED) is 0.600. The summed E-state index contributed by atoms with van der Waals surface area (Å²) in [4.78, 5) is 4.90. The number of benzene rings is 1. The van der Waals surface area contributed by atoms with E-state index < -0.39 is 0 Å². The number of methoxy groups -OCH3 is 1. The van der Waals surface area contributed by atoms with Crippen molar-refractivity contribution in [3.63, 3.8) is 0 Å². The van der Waals surface area contributed by atoms with Gasteiger partial charge in [0.25, 0.3) is 0 Å². The Morgan fingerprint density at radius 2 is 2.00 bits per heavy atom. The van der Waals surface area contributed by atoms with Crippen LogP contribution in [0, 0.1) is 11.8 Å². The minimum Gasteiger partial charge on any atom is -0.376 e. The molecular weight excluding hydrogens is 374 g/mol. The summed E-state index contributed by atoms with van der Waals surface area (Å²) in [6, 6.07) is 6.52. The molecule has 0 amide bonds. The van der Waals surface area contributed by atoms with E-state index in [1.165, 1.54) is 16.7 Å². The lowest BCUT2D eigenvalue weighted by atomic mass is 9.80. The Bertz CT molecular complexity index is 830. The third-order valence-corrected chi connectivity index (χ3v) is 5.87. The molecule has 1 heterocycles. The van der Waals surface area contributed by atoms with E-state index in [4.69, 9.17) is 9.73 Å². The topological polar surface area (TPSA) is 21.6 Å². The molecule has 128 valence electrons. The van der Waals surface area contributed by atoms with E-state index in [-0.39, 0.29) is 12.0 Å². The molecule has 3 aliphatic rings. The zero-order valence-electron chi connectivity index (χ0n) is 14.5. The maximum atomic E-state index is 5.94. The lowest BCUT2D eigenvalue weighted by Gasteiger charge is -2.32. The largest absolute Gasteiger partial charge is 0.376 e. The molecule has 0 aromatic heterocycles. The van der Waals surface area contributed by atoms with E-state index in [0.717, 1.165) is 16.6 Å². The first-order valence-electron chi connectivity index (χ1n) is 8.77. The number of para-hydroxylation sites is 1. The van der Waals surface area contributed by atoms with Gasteiger partial charge < -0.3 is 4.74 Å². The van der Waals surface area contributed by atoms with Gasteiger partial charge in [-0.05, 0) is 18.9 Å². The first-order chi connectivity index (χ1) is 12.2. The molecule has 4 rings (SSSR count). The second-order valence-corrected chi connectivity index (χ2v) is 7.85. The number of nitrogens with zero attached hydrogens (tertiary/aromatic N) is 1. The fourth-order valence-corrected chi connectivity index (χ4v) is 4.44. The van der Waals surface area contributed by atoms with Crippen molar-refractivity contribution in [1.29, 1.82) is 0 Å². The van der Waals surface area contributed by atoms with Crippen LogP contribution in [-0.2, 0) is 4.74 Å². The van der Waals surface area contributed by atoms with Crippen molar-refractivity contribution in [2.75, 3.05) is 7.11 Å². The normalized spacial score (nSPS) is 30.2. The molecule has 0 spiro atoms. The molecule has 0 saturated carbocycles. The fraction of sp³-hybridized carbons (Fsp3) is 0.318. The SMILES string of the molecule is COC1c2cccc(C3C=CC(C)=CC3)c2N=CC1C1C=CC(Br)=C1. The fourth-order valence-electron chi connectivity index (χ4n) is 3.98. The number of fused-ring (bicyclic) bond motifs is 1. The van der Waals surface area contributed by atoms with Crippen molar-refractivity contribution < 1.29 is 4.74 Å². The van der Waals surface area contributed by atoms with Gasteiger partial charge in [0, 0.05) is 41.1 Å². The highest BCUT2D eigenvalue weighted by atomic mass is 79.9. The van der Waals surface area contributed by atoms with Crippen LogP contribution in [0.15, 0.2) is 69.7 Å². The van der Waals surface area contributed by atoms with E-state index in [1.54, 1.807) is 7.11 Å². The van der Waals surface area contributed by atoms with Crippen LogP contribution >= 0.6 is 15.9 Å². The van der Waals surface area contributed by atoms with Gasteiger partial charge in [0.2, 0.25) is 0 Å². The summed E-state index contributed by atoms with van der Waals surface area (Å²) in [5.74, 6) is 0.938. The predicted molar refractivity (Wildman–Crippen MR) is 108 cm³/mol. The Balaban J connectivity index is 1.71. The van der Waals surface area contributed by atoms with Crippen molar-refractivity contribution in [3.8, 4) is 0 Å². The Morgan fingerprint density at radius 1 is 1.16 bits per heavy atom. The third kappa shape index (κ3) is 3.11. The highest BCUT2D eigenvalue weighted by Gasteiger charge is 2.34. The van der Waals surface area contributed by atoms with Crippen LogP contribution in [0.4, 0.5) is 5.69 Å². The molecule has 0 radical (unpaired) electrons. The van der Waals surface area contributed by atoms with Gasteiger partial charge in [0.1, 0.15) is 0 Å². The molecule has 0 bridgehead atoms. The molecule has 25 heavy (non-hydrogen) atoms. The van der Waals surface area contributed by atoms with Gasteiger partial charge in [-0.25, -0.2) is 0 Å². The molecule has 2 aliphatic carbocycles. The summed E-state index contributed by atoms with van der Waals surface area (Å²) in [7, 11) is 1.80. The summed E-state index contributed by atoms with van der Waals surface area (Å²) in [6.45, 7) is 2.15. The standard InChI is InChI=1S/C22H22BrNO/c1-14-6-8-15(9-7-14)18-4-3-5-19-21(18)24-13-20(22(19)25-2)16-10-11-17(23)12-16/h3-8,10-13,15-16,20,22H,9H2,1-2H3. The van der Waals surface area contributed by atoms with Gasteiger partial charge in [-0.15, -0.1) is 0 Å². The Hall–Kier alpha value is -1.71. The minimum atomic E-state index is 0.0293. The zero-order valence-corrected chi connectivity index (χ0v) is 16.1. The Kier molecular flexibility index (Phi) is 4.61. The van der Waals surface area contributed by atoms with E-state index in [0.29, 0.717) is 11.8 Å². The third-order valence-electron chi connectivity index (χ3n) is 5.34. The number of aliphatic imine (C=N–C) groups is 1. The maximum absolute atomic E-state index is 5.94. The summed E-state index contributed by atoms with van der Waals surface area (Å²) in [5.41, 5.74) is 4.94. The summed E-state index contributed by atoms with van der Waals surface area (Å²) in [5, 5.41) is 0. The molecule has 4 unspecified atom stereocenters. The average molecular weight is 396 g/mol. The van der Waals surface area contributed by atoms with Crippen molar-refractivity contribution >= 4 is 27.8 Å². The summed E-state index contributed by atoms with van der Waals surface area (Å²) in [6.07, 6.45) is 16.5. The van der Waals surface area contributed by atoms with Gasteiger partial charge >= 0.3 is 0 Å². The van der Waals surface area contributed by atoms with Crippen LogP contribution in [-0.4, -0.2) is 13.3 Å². The summed E-state index contributed by atoms with van der Waals surface area (Å²) >= 11 is 3.56. The molecular formula is C22H22BrNO. The van der Waals surface area contributed by atoms with Gasteiger partial charge in [-0.2, -0.15) is 0 Å². The highest BCUT2D eigenvalue weighted by molar-refractivity contribution is 9.11. The first-order valence-corrected chi connectivity index (χ1v) is 9.57. The molecule has 0 fully saturated rings. The van der Waals surface area contributed by atoms with Crippen LogP contribution < -0.4 is 0 Å². The lowest BCUT2D eigenvalue weighted by Crippen LogP contribution is -2.25. The number of ether oxygens (including phenoxy) is 1. The zero-order chi connectivity index (χ0) is 17.4. The predicted octanol–water partition coefficient (Wildman–Crippen LogP) is 6.16. The number of allylic oxidation sites excluding steroid dienone is 8. The monoisotopic (exact) mass is 395 g/mol. The van der Waals surface area contributed by atoms with Crippen molar-refractivity contribution in [2.24, 2.45) is 16.8 Å². The molecule has 1 aliphatic heterocycles. The lowest BCUT2D eigenvalue weighted by molar-refractivity contribution is 0.0675. The second-order valence-electron chi connectivity index (χ2n) is 6.93. The molecule has 1 aromatic rings. The molecule has 1 aromatic carbocycles. The van der Waals surface area contributed by atoms with Crippen LogP contribution in [0.3, 0.4) is 0 Å². The number of hydrogen-bond acceptors (Lipinski definition) is 2. The van der Waals surface area contributed by atoms with Crippen LogP contribution in [0.1, 0.15) is 36.5 Å². The van der Waals surface area contributed by atoms with Crippen LogP contribution in [0.2, 0.25) is 0 Å². The average Bonchev–Trinajstić information content (AvgIpc) is 3.07. The van der Waals surface area contributed by atoms with E-state index >= 15 is 0 Å². The molecule has 4 atom stereocenters. The van der Waals surface area contributed by atoms with Crippen LogP contribution in [0.5, 0.6) is 0 Å². The van der Waals surface area contributed by atoms with Gasteiger partial charge in [0.05, 0.1) is 11.8 Å². The van der Waals surface area contributed by atoms with Crippen molar-refractivity contribution in [2.45, 2.75) is 25.4 Å². The Labute approximate surface area is 157 Å². The number of rotatable bonds is 3. The van der Waals surface area contributed by atoms with Gasteiger partial charge in [-0.1, -0.05) is 76.2 Å². The van der Waals surface area contributed by atoms with E-state index in [2.05, 4.69) is 83.7 Å². The van der Waals surface area contributed by atoms with Gasteiger partial charge in [0.15, 0.2) is 0 Å². The first kappa shape index (κ1) is 16.7. The molecule has 2 nitrogen and oxygen atoms in total. The second kappa shape index (κ2) is 6.89. The molecule has 0 N–H and O–H groups in total. The minimum absolute atomic E-state index is 0.0293. The van der Waals surface area contributed by atoms with Crippen molar-refractivity contribution in [1.82, 2.24) is 0 Å². The van der Waals surface area contributed by atoms with E-state index in [9.17, 15) is 0 Å². The van der Waals surface area contributed by atoms with Gasteiger partial charge in [-0.3, -0.25) is 4.99 Å². The molecule has 0 saturated heterocycles. The number of halogens is 1. The summed E-state index contributed by atoms with van der Waals surface area (Å²) < 4.78 is 7.07. The van der Waals surface area contributed by atoms with Crippen LogP contribution in [0.25, 0.3) is 0 Å². The smallest absolute Gasteiger partial charge is 0.0928 e. The van der Waals surface area contributed by atoms with Crippen molar-refractivity contribution in [3.05, 3.63) is 75.8 Å². The number of hydrogen-bond donors (Lipinski definition) is 0. The van der Waals surface area contributed by atoms with E-state index in [1.807, 2.05) is 0 Å². The maximum Gasteiger partial charge on any atom is 0.0928 e. The Morgan fingerprint density at radius 3 is 2.68 bits per heavy atom. The highest BCUT2D eigenvalue weighted by Crippen LogP contribution is 2.45.